The topological polar surface area (TPSA) is 62.3 Å². The molecule has 0 atom stereocenters. The van der Waals surface area contributed by atoms with Crippen molar-refractivity contribution in [3.8, 4) is 5.75 Å². The molecule has 4 nitrogen and oxygen atoms in total. The molecule has 0 unspecified atom stereocenters. The normalized spacial score (nSPS) is 10.5. The predicted octanol–water partition coefficient (Wildman–Crippen LogP) is 1.03. The molecule has 0 amide bonds. The number of fused-ring (bicyclic) bond motifs is 1. The standard InChI is InChI=1S/C11H11NO3/c1-15-8-2-3-10-9(5-8)11(14)4-7(6-13)12-10/h2-5,13H,6H2,1H3,(H,12,14). The molecule has 2 rings (SSSR count). The van der Waals surface area contributed by atoms with Gasteiger partial charge in [-0.25, -0.2) is 0 Å². The minimum atomic E-state index is -0.169. The molecule has 0 saturated heterocycles. The Labute approximate surface area is 86.1 Å². The number of pyridine rings is 1. The van der Waals surface area contributed by atoms with E-state index in [1.807, 2.05) is 0 Å². The summed E-state index contributed by atoms with van der Waals surface area (Å²) < 4.78 is 5.03. The Morgan fingerprint density at radius 2 is 2.20 bits per heavy atom. The quantitative estimate of drug-likeness (QED) is 0.769. The fraction of sp³-hybridized carbons (Fsp3) is 0.182. The zero-order valence-corrected chi connectivity index (χ0v) is 8.28. The van der Waals surface area contributed by atoms with E-state index >= 15 is 0 Å². The predicted molar refractivity (Wildman–Crippen MR) is 57.0 cm³/mol. The fourth-order valence-electron chi connectivity index (χ4n) is 1.49. The summed E-state index contributed by atoms with van der Waals surface area (Å²) in [4.78, 5) is 14.6. The summed E-state index contributed by atoms with van der Waals surface area (Å²) in [6.45, 7) is -0.169. The first kappa shape index (κ1) is 9.73. The monoisotopic (exact) mass is 205 g/mol. The first-order chi connectivity index (χ1) is 7.24. The lowest BCUT2D eigenvalue weighted by molar-refractivity contribution is 0.277. The van der Waals surface area contributed by atoms with Crippen LogP contribution in [0.15, 0.2) is 29.1 Å². The molecule has 1 aromatic carbocycles. The van der Waals surface area contributed by atoms with Gasteiger partial charge in [0.25, 0.3) is 0 Å². The molecule has 2 N–H and O–H groups in total. The molecule has 1 heterocycles. The van der Waals surface area contributed by atoms with Gasteiger partial charge in [0.1, 0.15) is 5.75 Å². The lowest BCUT2D eigenvalue weighted by Gasteiger charge is -2.03. The van der Waals surface area contributed by atoms with E-state index in [2.05, 4.69) is 4.98 Å². The third-order valence-electron chi connectivity index (χ3n) is 2.26. The Hall–Kier alpha value is -1.81. The molecule has 2 aromatic rings. The molecule has 0 saturated carbocycles. The van der Waals surface area contributed by atoms with Crippen molar-refractivity contribution < 1.29 is 9.84 Å². The zero-order chi connectivity index (χ0) is 10.8. The van der Waals surface area contributed by atoms with Gasteiger partial charge < -0.3 is 14.8 Å². The second kappa shape index (κ2) is 3.74. The van der Waals surface area contributed by atoms with Gasteiger partial charge in [0.2, 0.25) is 0 Å². The van der Waals surface area contributed by atoms with Gasteiger partial charge in [0, 0.05) is 22.7 Å². The van der Waals surface area contributed by atoms with Gasteiger partial charge in [0.15, 0.2) is 5.43 Å². The first-order valence-corrected chi connectivity index (χ1v) is 4.55. The molecule has 0 aliphatic rings. The molecular formula is C11H11NO3. The van der Waals surface area contributed by atoms with Crippen molar-refractivity contribution in [2.45, 2.75) is 6.61 Å². The Morgan fingerprint density at radius 1 is 1.40 bits per heavy atom. The van der Waals surface area contributed by atoms with Gasteiger partial charge in [0.05, 0.1) is 13.7 Å². The molecule has 4 heteroatoms. The van der Waals surface area contributed by atoms with E-state index in [1.54, 1.807) is 25.3 Å². The maximum atomic E-state index is 11.6. The molecule has 0 radical (unpaired) electrons. The van der Waals surface area contributed by atoms with Crippen LogP contribution in [0.25, 0.3) is 10.9 Å². The number of aromatic nitrogens is 1. The van der Waals surface area contributed by atoms with Crippen molar-refractivity contribution in [2.24, 2.45) is 0 Å². The molecule has 0 bridgehead atoms. The summed E-state index contributed by atoms with van der Waals surface area (Å²) in [5, 5.41) is 9.49. The number of hydrogen-bond donors (Lipinski definition) is 2. The summed E-state index contributed by atoms with van der Waals surface area (Å²) in [6.07, 6.45) is 0. The van der Waals surface area contributed by atoms with Gasteiger partial charge in [-0.05, 0) is 18.2 Å². The molecular weight excluding hydrogens is 194 g/mol. The van der Waals surface area contributed by atoms with Crippen LogP contribution in [-0.2, 0) is 6.61 Å². The highest BCUT2D eigenvalue weighted by Crippen LogP contribution is 2.16. The van der Waals surface area contributed by atoms with Crippen LogP contribution in [0.2, 0.25) is 0 Å². The maximum absolute atomic E-state index is 11.6. The van der Waals surface area contributed by atoms with Crippen LogP contribution >= 0.6 is 0 Å². The number of aliphatic hydroxyl groups is 1. The number of hydrogen-bond acceptors (Lipinski definition) is 3. The molecule has 15 heavy (non-hydrogen) atoms. The Kier molecular flexibility index (Phi) is 2.43. The molecule has 0 spiro atoms. The van der Waals surface area contributed by atoms with Gasteiger partial charge in [-0.1, -0.05) is 0 Å². The molecule has 0 aliphatic heterocycles. The summed E-state index contributed by atoms with van der Waals surface area (Å²) in [6, 6.07) is 6.59. The number of rotatable bonds is 2. The minimum Gasteiger partial charge on any atom is -0.497 e. The van der Waals surface area contributed by atoms with Crippen LogP contribution in [0.1, 0.15) is 5.69 Å². The number of H-pyrrole nitrogens is 1. The van der Waals surface area contributed by atoms with Gasteiger partial charge in [-0.2, -0.15) is 0 Å². The SMILES string of the molecule is COc1ccc2[nH]c(CO)cc(=O)c2c1. The van der Waals surface area contributed by atoms with Crippen molar-refractivity contribution in [1.82, 2.24) is 4.98 Å². The third kappa shape index (κ3) is 1.71. The molecule has 0 aliphatic carbocycles. The van der Waals surface area contributed by atoms with Crippen molar-refractivity contribution in [3.05, 3.63) is 40.2 Å². The number of nitrogens with one attached hydrogen (secondary N) is 1. The smallest absolute Gasteiger partial charge is 0.189 e. The van der Waals surface area contributed by atoms with Crippen molar-refractivity contribution >= 4 is 10.9 Å². The Bertz CT molecular complexity index is 545. The number of aliphatic hydroxyl groups excluding tert-OH is 1. The highest BCUT2D eigenvalue weighted by Gasteiger charge is 2.02. The summed E-state index contributed by atoms with van der Waals surface area (Å²) in [7, 11) is 1.55. The van der Waals surface area contributed by atoms with Crippen LogP contribution in [0.5, 0.6) is 5.75 Å². The molecule has 1 aromatic heterocycles. The average molecular weight is 205 g/mol. The van der Waals surface area contributed by atoms with E-state index in [0.717, 1.165) is 0 Å². The second-order valence-electron chi connectivity index (χ2n) is 3.23. The van der Waals surface area contributed by atoms with Crippen LogP contribution in [0, 0.1) is 0 Å². The lowest BCUT2D eigenvalue weighted by Crippen LogP contribution is -2.05. The van der Waals surface area contributed by atoms with Crippen molar-refractivity contribution in [3.63, 3.8) is 0 Å². The third-order valence-corrected chi connectivity index (χ3v) is 2.26. The summed E-state index contributed by atoms with van der Waals surface area (Å²) >= 11 is 0. The van der Waals surface area contributed by atoms with Crippen LogP contribution < -0.4 is 10.2 Å². The van der Waals surface area contributed by atoms with Gasteiger partial charge >= 0.3 is 0 Å². The number of benzene rings is 1. The largest absolute Gasteiger partial charge is 0.497 e. The van der Waals surface area contributed by atoms with E-state index in [1.165, 1.54) is 6.07 Å². The minimum absolute atomic E-state index is 0.119. The summed E-state index contributed by atoms with van der Waals surface area (Å²) in [5.74, 6) is 0.643. The van der Waals surface area contributed by atoms with Crippen LogP contribution in [-0.4, -0.2) is 17.2 Å². The Morgan fingerprint density at radius 3 is 2.87 bits per heavy atom. The van der Waals surface area contributed by atoms with Crippen LogP contribution in [0.3, 0.4) is 0 Å². The van der Waals surface area contributed by atoms with Gasteiger partial charge in [-0.3, -0.25) is 4.79 Å². The van der Waals surface area contributed by atoms with E-state index in [4.69, 9.17) is 9.84 Å². The van der Waals surface area contributed by atoms with Crippen molar-refractivity contribution in [1.29, 1.82) is 0 Å². The van der Waals surface area contributed by atoms with E-state index in [0.29, 0.717) is 22.3 Å². The lowest BCUT2D eigenvalue weighted by atomic mass is 10.2. The highest BCUT2D eigenvalue weighted by molar-refractivity contribution is 5.80. The first-order valence-electron chi connectivity index (χ1n) is 4.55. The fourth-order valence-corrected chi connectivity index (χ4v) is 1.49. The van der Waals surface area contributed by atoms with E-state index < -0.39 is 0 Å². The summed E-state index contributed by atoms with van der Waals surface area (Å²) in [5.41, 5.74) is 1.09. The zero-order valence-electron chi connectivity index (χ0n) is 8.28. The number of ether oxygens (including phenoxy) is 1. The molecule has 0 fully saturated rings. The van der Waals surface area contributed by atoms with Crippen LogP contribution in [0.4, 0.5) is 0 Å². The maximum Gasteiger partial charge on any atom is 0.189 e. The van der Waals surface area contributed by atoms with E-state index in [9.17, 15) is 4.79 Å². The number of methoxy groups -OCH3 is 1. The van der Waals surface area contributed by atoms with Gasteiger partial charge in [-0.15, -0.1) is 0 Å². The van der Waals surface area contributed by atoms with E-state index in [-0.39, 0.29) is 12.0 Å². The molecule has 78 valence electrons. The van der Waals surface area contributed by atoms with Crippen molar-refractivity contribution in [2.75, 3.05) is 7.11 Å². The second-order valence-corrected chi connectivity index (χ2v) is 3.23. The Balaban J connectivity index is 2.74. The average Bonchev–Trinajstić information content (AvgIpc) is 2.28. The number of aromatic amines is 1. The highest BCUT2D eigenvalue weighted by atomic mass is 16.5.